The third-order valence-corrected chi connectivity index (χ3v) is 3.40. The molecule has 2 aromatic carbocycles. The lowest BCUT2D eigenvalue weighted by Crippen LogP contribution is -2.14. The highest BCUT2D eigenvalue weighted by Gasteiger charge is 2.38. The van der Waals surface area contributed by atoms with Crippen LogP contribution in [0.5, 0.6) is 5.75 Å². The Bertz CT molecular complexity index is 932. The number of hydrogen-bond acceptors (Lipinski definition) is 3. The number of hydrogen-bond donors (Lipinski definition) is 1. The van der Waals surface area contributed by atoms with Crippen LogP contribution in [0.25, 0.3) is 22.3 Å². The average molecular weight is 320 g/mol. The van der Waals surface area contributed by atoms with Crippen LogP contribution >= 0.6 is 0 Å². The van der Waals surface area contributed by atoms with E-state index in [2.05, 4.69) is 9.97 Å². The molecule has 0 aliphatic rings. The van der Waals surface area contributed by atoms with Gasteiger partial charge in [-0.1, -0.05) is 24.3 Å². The SMILES string of the molecule is COc1cccc(-c2nc3ccccc3c(=O)[nH]2)c1C(F)(F)F. The van der Waals surface area contributed by atoms with Gasteiger partial charge in [0.05, 0.1) is 18.0 Å². The molecular formula is C16H11F3N2O2. The van der Waals surface area contributed by atoms with Gasteiger partial charge in [0.15, 0.2) is 0 Å². The second kappa shape index (κ2) is 5.42. The van der Waals surface area contributed by atoms with E-state index in [1.54, 1.807) is 24.3 Å². The van der Waals surface area contributed by atoms with Gasteiger partial charge in [0.2, 0.25) is 0 Å². The smallest absolute Gasteiger partial charge is 0.420 e. The Hall–Kier alpha value is -2.83. The van der Waals surface area contributed by atoms with Gasteiger partial charge in [0.1, 0.15) is 17.1 Å². The van der Waals surface area contributed by atoms with Gasteiger partial charge in [0, 0.05) is 5.56 Å². The summed E-state index contributed by atoms with van der Waals surface area (Å²) in [7, 11) is 1.16. The highest BCUT2D eigenvalue weighted by atomic mass is 19.4. The van der Waals surface area contributed by atoms with Gasteiger partial charge in [0.25, 0.3) is 5.56 Å². The van der Waals surface area contributed by atoms with Crippen molar-refractivity contribution in [1.29, 1.82) is 0 Å². The molecule has 0 unspecified atom stereocenters. The third kappa shape index (κ3) is 2.65. The number of nitrogens with one attached hydrogen (secondary N) is 1. The average Bonchev–Trinajstić information content (AvgIpc) is 2.53. The highest BCUT2D eigenvalue weighted by Crippen LogP contribution is 2.41. The normalized spacial score (nSPS) is 11.7. The highest BCUT2D eigenvalue weighted by molar-refractivity contribution is 5.80. The number of ether oxygens (including phenoxy) is 1. The maximum Gasteiger partial charge on any atom is 0.420 e. The first-order valence-electron chi connectivity index (χ1n) is 6.65. The number of nitrogens with zero attached hydrogens (tertiary/aromatic N) is 1. The number of alkyl halides is 3. The second-order valence-electron chi connectivity index (χ2n) is 4.81. The summed E-state index contributed by atoms with van der Waals surface area (Å²) in [5.41, 5.74) is -1.38. The van der Waals surface area contributed by atoms with Crippen LogP contribution in [0.3, 0.4) is 0 Å². The molecule has 4 nitrogen and oxygen atoms in total. The van der Waals surface area contributed by atoms with Crippen LogP contribution in [-0.2, 0) is 6.18 Å². The fourth-order valence-electron chi connectivity index (χ4n) is 2.40. The summed E-state index contributed by atoms with van der Waals surface area (Å²) in [6, 6.07) is 10.3. The van der Waals surface area contributed by atoms with Crippen molar-refractivity contribution in [1.82, 2.24) is 9.97 Å². The van der Waals surface area contributed by atoms with E-state index in [1.807, 2.05) is 0 Å². The zero-order chi connectivity index (χ0) is 16.6. The van der Waals surface area contributed by atoms with Crippen LogP contribution in [0.4, 0.5) is 13.2 Å². The molecule has 0 aliphatic heterocycles. The van der Waals surface area contributed by atoms with Crippen molar-refractivity contribution >= 4 is 10.9 Å². The molecule has 0 saturated carbocycles. The summed E-state index contributed by atoms with van der Waals surface area (Å²) in [5, 5.41) is 0.313. The van der Waals surface area contributed by atoms with E-state index < -0.39 is 17.3 Å². The zero-order valence-electron chi connectivity index (χ0n) is 11.9. The van der Waals surface area contributed by atoms with Crippen LogP contribution in [0.2, 0.25) is 0 Å². The first-order valence-corrected chi connectivity index (χ1v) is 6.65. The van der Waals surface area contributed by atoms with Crippen molar-refractivity contribution in [3.8, 4) is 17.1 Å². The van der Waals surface area contributed by atoms with Gasteiger partial charge < -0.3 is 9.72 Å². The molecule has 0 radical (unpaired) electrons. The molecule has 3 rings (SSSR count). The van der Waals surface area contributed by atoms with Gasteiger partial charge in [-0.2, -0.15) is 13.2 Å². The summed E-state index contributed by atoms with van der Waals surface area (Å²) in [5.74, 6) is -0.481. The number of fused-ring (bicyclic) bond motifs is 1. The molecule has 0 aliphatic carbocycles. The standard InChI is InChI=1S/C16H11F3N2O2/c1-23-12-8-4-6-10(13(12)16(17,18)19)14-20-11-7-3-2-5-9(11)15(22)21-14/h2-8H,1H3,(H,20,21,22). The first-order chi connectivity index (χ1) is 10.9. The number of H-pyrrole nitrogens is 1. The van der Waals surface area contributed by atoms with Crippen LogP contribution in [0.1, 0.15) is 5.56 Å². The van der Waals surface area contributed by atoms with E-state index in [1.165, 1.54) is 18.2 Å². The fourth-order valence-corrected chi connectivity index (χ4v) is 2.40. The molecule has 118 valence electrons. The van der Waals surface area contributed by atoms with Gasteiger partial charge in [-0.25, -0.2) is 4.98 Å². The van der Waals surface area contributed by atoms with E-state index in [-0.39, 0.29) is 17.1 Å². The Kier molecular flexibility index (Phi) is 3.55. The molecular weight excluding hydrogens is 309 g/mol. The predicted molar refractivity (Wildman–Crippen MR) is 79.4 cm³/mol. The van der Waals surface area contributed by atoms with E-state index in [4.69, 9.17) is 4.74 Å². The van der Waals surface area contributed by atoms with Crippen molar-refractivity contribution in [2.75, 3.05) is 7.11 Å². The first kappa shape index (κ1) is 15.1. The Morgan fingerprint density at radius 2 is 1.83 bits per heavy atom. The van der Waals surface area contributed by atoms with Gasteiger partial charge in [-0.05, 0) is 18.2 Å². The number of halogens is 3. The predicted octanol–water partition coefficient (Wildman–Crippen LogP) is 3.62. The Labute approximate surface area is 128 Å². The quantitative estimate of drug-likeness (QED) is 0.784. The van der Waals surface area contributed by atoms with Crippen molar-refractivity contribution in [3.63, 3.8) is 0 Å². The number of aromatic nitrogens is 2. The van der Waals surface area contributed by atoms with Crippen molar-refractivity contribution in [3.05, 3.63) is 58.4 Å². The van der Waals surface area contributed by atoms with Gasteiger partial charge in [-0.15, -0.1) is 0 Å². The summed E-state index contributed by atoms with van der Waals surface area (Å²) >= 11 is 0. The van der Waals surface area contributed by atoms with E-state index >= 15 is 0 Å². The van der Waals surface area contributed by atoms with E-state index in [0.29, 0.717) is 10.9 Å². The maximum atomic E-state index is 13.4. The molecule has 0 bridgehead atoms. The molecule has 3 aromatic rings. The summed E-state index contributed by atoms with van der Waals surface area (Å²) in [6.07, 6.45) is -4.65. The molecule has 0 amide bonds. The molecule has 0 fully saturated rings. The minimum absolute atomic E-state index is 0.153. The topological polar surface area (TPSA) is 55.0 Å². The van der Waals surface area contributed by atoms with Gasteiger partial charge >= 0.3 is 6.18 Å². The number of aromatic amines is 1. The Morgan fingerprint density at radius 1 is 1.09 bits per heavy atom. The number of benzene rings is 2. The summed E-state index contributed by atoms with van der Waals surface area (Å²) in [4.78, 5) is 18.6. The lowest BCUT2D eigenvalue weighted by Gasteiger charge is -2.16. The molecule has 1 N–H and O–H groups in total. The van der Waals surface area contributed by atoms with Crippen LogP contribution in [-0.4, -0.2) is 17.1 Å². The minimum atomic E-state index is -4.65. The largest absolute Gasteiger partial charge is 0.496 e. The van der Waals surface area contributed by atoms with Crippen LogP contribution in [0, 0.1) is 0 Å². The Morgan fingerprint density at radius 3 is 2.52 bits per heavy atom. The summed E-state index contributed by atoms with van der Waals surface area (Å²) in [6.45, 7) is 0. The minimum Gasteiger partial charge on any atom is -0.496 e. The lowest BCUT2D eigenvalue weighted by molar-refractivity contribution is -0.138. The molecule has 7 heteroatoms. The second-order valence-corrected chi connectivity index (χ2v) is 4.81. The van der Waals surface area contributed by atoms with E-state index in [0.717, 1.165) is 7.11 Å². The fraction of sp³-hybridized carbons (Fsp3) is 0.125. The maximum absolute atomic E-state index is 13.4. The van der Waals surface area contributed by atoms with Crippen molar-refractivity contribution in [2.45, 2.75) is 6.18 Å². The molecule has 0 atom stereocenters. The van der Waals surface area contributed by atoms with Gasteiger partial charge in [-0.3, -0.25) is 4.79 Å². The lowest BCUT2D eigenvalue weighted by atomic mass is 10.0. The van der Waals surface area contributed by atoms with Crippen molar-refractivity contribution < 1.29 is 17.9 Å². The molecule has 23 heavy (non-hydrogen) atoms. The molecule has 0 spiro atoms. The third-order valence-electron chi connectivity index (χ3n) is 3.40. The number of rotatable bonds is 2. The van der Waals surface area contributed by atoms with E-state index in [9.17, 15) is 18.0 Å². The summed E-state index contributed by atoms with van der Waals surface area (Å²) < 4.78 is 45.0. The molecule has 1 aromatic heterocycles. The van der Waals surface area contributed by atoms with Crippen molar-refractivity contribution in [2.24, 2.45) is 0 Å². The number of methoxy groups -OCH3 is 1. The molecule has 1 heterocycles. The Balaban J connectivity index is 2.33. The van der Waals surface area contributed by atoms with Crippen LogP contribution < -0.4 is 10.3 Å². The number of para-hydroxylation sites is 1. The molecule has 0 saturated heterocycles. The monoisotopic (exact) mass is 320 g/mol. The zero-order valence-corrected chi connectivity index (χ0v) is 11.9. The van der Waals surface area contributed by atoms with Crippen LogP contribution in [0.15, 0.2) is 47.3 Å².